The predicted molar refractivity (Wildman–Crippen MR) is 76.6 cm³/mol. The molecule has 17 heavy (non-hydrogen) atoms. The molecular weight excluding hydrogens is 354 g/mol. The van der Waals surface area contributed by atoms with E-state index in [4.69, 9.17) is 16.3 Å². The smallest absolute Gasteiger partial charge is 0.415 e. The molecule has 0 spiro atoms. The van der Waals surface area contributed by atoms with Crippen molar-refractivity contribution in [3.05, 3.63) is 20.9 Å². The molecule has 0 saturated heterocycles. The van der Waals surface area contributed by atoms with Crippen LogP contribution in [-0.2, 0) is 4.74 Å². The van der Waals surface area contributed by atoms with E-state index in [1.54, 1.807) is 19.3 Å². The van der Waals surface area contributed by atoms with E-state index in [0.29, 0.717) is 10.8 Å². The van der Waals surface area contributed by atoms with Crippen LogP contribution in [0, 0.1) is 3.57 Å². The number of carbonyl (C=O) groups excluding carboxylic acids is 1. The Hall–Kier alpha value is -0.560. The molecule has 1 aromatic rings. The second kappa shape index (κ2) is 5.39. The van der Waals surface area contributed by atoms with Crippen LogP contribution in [-0.4, -0.2) is 23.7 Å². The van der Waals surface area contributed by atoms with Crippen LogP contribution < -0.4 is 4.90 Å². The van der Waals surface area contributed by atoms with E-state index in [1.165, 1.54) is 4.90 Å². The largest absolute Gasteiger partial charge is 0.443 e. The summed E-state index contributed by atoms with van der Waals surface area (Å²) in [5.41, 5.74) is -0.542. The Morgan fingerprint density at radius 2 is 2.12 bits per heavy atom. The number of ether oxygens (including phenoxy) is 1. The van der Waals surface area contributed by atoms with Crippen molar-refractivity contribution in [2.24, 2.45) is 0 Å². The van der Waals surface area contributed by atoms with E-state index >= 15 is 0 Å². The monoisotopic (exact) mass is 368 g/mol. The molecule has 0 saturated carbocycles. The summed E-state index contributed by atoms with van der Waals surface area (Å²) in [5.74, 6) is 0.396. The van der Waals surface area contributed by atoms with Crippen molar-refractivity contribution >= 4 is 46.1 Å². The Labute approximate surface area is 119 Å². The first-order valence-corrected chi connectivity index (χ1v) is 6.45. The molecule has 0 aliphatic rings. The van der Waals surface area contributed by atoms with E-state index in [-0.39, 0.29) is 0 Å². The van der Waals surface area contributed by atoms with Gasteiger partial charge in [-0.15, -0.1) is 0 Å². The van der Waals surface area contributed by atoms with Crippen molar-refractivity contribution in [2.45, 2.75) is 26.4 Å². The molecule has 0 aliphatic carbocycles. The molecule has 6 heteroatoms. The van der Waals surface area contributed by atoms with Gasteiger partial charge in [-0.3, -0.25) is 4.90 Å². The summed E-state index contributed by atoms with van der Waals surface area (Å²) < 4.78 is 6.07. The van der Waals surface area contributed by atoms with Crippen LogP contribution >= 0.6 is 34.2 Å². The Kier molecular flexibility index (Phi) is 4.60. The van der Waals surface area contributed by atoms with Crippen LogP contribution in [0.25, 0.3) is 0 Å². The fourth-order valence-corrected chi connectivity index (χ4v) is 1.70. The molecular formula is C11H14ClIN2O2. The molecule has 0 fully saturated rings. The molecule has 4 nitrogen and oxygen atoms in total. The molecule has 1 rings (SSSR count). The predicted octanol–water partition coefficient (Wildman–Crippen LogP) is 3.71. The minimum atomic E-state index is -0.542. The van der Waals surface area contributed by atoms with Gasteiger partial charge in [0.1, 0.15) is 5.60 Å². The van der Waals surface area contributed by atoms with E-state index < -0.39 is 11.7 Å². The molecule has 0 aromatic carbocycles. The molecule has 1 aromatic heterocycles. The quantitative estimate of drug-likeness (QED) is 0.710. The number of anilines is 1. The minimum Gasteiger partial charge on any atom is -0.443 e. The highest BCUT2D eigenvalue weighted by Crippen LogP contribution is 2.27. The van der Waals surface area contributed by atoms with Gasteiger partial charge in [-0.1, -0.05) is 11.6 Å². The van der Waals surface area contributed by atoms with Gasteiger partial charge in [0.05, 0.1) is 5.02 Å². The average Bonchev–Trinajstić information content (AvgIpc) is 2.18. The molecule has 0 unspecified atom stereocenters. The number of aromatic nitrogens is 1. The zero-order chi connectivity index (χ0) is 13.2. The molecule has 0 radical (unpaired) electrons. The number of hydrogen-bond donors (Lipinski definition) is 0. The Morgan fingerprint density at radius 1 is 1.53 bits per heavy atom. The van der Waals surface area contributed by atoms with Crippen molar-refractivity contribution in [3.63, 3.8) is 0 Å². The lowest BCUT2D eigenvalue weighted by Gasteiger charge is -2.24. The molecule has 0 bridgehead atoms. The lowest BCUT2D eigenvalue weighted by atomic mass is 10.2. The van der Waals surface area contributed by atoms with Gasteiger partial charge in [-0.2, -0.15) is 0 Å². The zero-order valence-corrected chi connectivity index (χ0v) is 13.0. The second-order valence-electron chi connectivity index (χ2n) is 4.47. The van der Waals surface area contributed by atoms with Crippen molar-refractivity contribution in [1.82, 2.24) is 4.98 Å². The standard InChI is InChI=1S/C11H14ClIN2O2/c1-11(2,3)17-10(16)15(4)9-8(12)7(13)5-6-14-9/h5-6H,1-4H3. The lowest BCUT2D eigenvalue weighted by molar-refractivity contribution is 0.0588. The summed E-state index contributed by atoms with van der Waals surface area (Å²) in [6.45, 7) is 5.42. The maximum absolute atomic E-state index is 11.8. The maximum Gasteiger partial charge on any atom is 0.415 e. The van der Waals surface area contributed by atoms with Gasteiger partial charge in [0.2, 0.25) is 0 Å². The first kappa shape index (κ1) is 14.5. The first-order valence-electron chi connectivity index (χ1n) is 4.99. The van der Waals surface area contributed by atoms with E-state index in [1.807, 2.05) is 20.8 Å². The Bertz CT molecular complexity index is 432. The van der Waals surface area contributed by atoms with Crippen LogP contribution in [0.15, 0.2) is 12.3 Å². The number of amides is 1. The Balaban J connectivity index is 2.93. The summed E-state index contributed by atoms with van der Waals surface area (Å²) in [5, 5.41) is 0.446. The fourth-order valence-electron chi connectivity index (χ4n) is 1.06. The topological polar surface area (TPSA) is 42.4 Å². The van der Waals surface area contributed by atoms with Crippen LogP contribution in [0.3, 0.4) is 0 Å². The summed E-state index contributed by atoms with van der Waals surface area (Å²) in [6.07, 6.45) is 1.12. The molecule has 94 valence electrons. The van der Waals surface area contributed by atoms with Gasteiger partial charge in [-0.05, 0) is 49.4 Å². The second-order valence-corrected chi connectivity index (χ2v) is 6.01. The number of nitrogens with zero attached hydrogens (tertiary/aromatic N) is 2. The van der Waals surface area contributed by atoms with Crippen LogP contribution in [0.4, 0.5) is 10.6 Å². The summed E-state index contributed by atoms with van der Waals surface area (Å²) >= 11 is 8.17. The highest BCUT2D eigenvalue weighted by molar-refractivity contribution is 14.1. The number of pyridine rings is 1. The molecule has 0 N–H and O–H groups in total. The summed E-state index contributed by atoms with van der Waals surface area (Å²) in [7, 11) is 1.58. The third-order valence-corrected chi connectivity index (χ3v) is 3.40. The van der Waals surface area contributed by atoms with Gasteiger partial charge in [0.25, 0.3) is 0 Å². The SMILES string of the molecule is CN(C(=O)OC(C)(C)C)c1nccc(I)c1Cl. The number of halogens is 2. The van der Waals surface area contributed by atoms with Gasteiger partial charge >= 0.3 is 6.09 Å². The van der Waals surface area contributed by atoms with Gasteiger partial charge in [-0.25, -0.2) is 9.78 Å². The van der Waals surface area contributed by atoms with Crippen molar-refractivity contribution < 1.29 is 9.53 Å². The maximum atomic E-state index is 11.8. The molecule has 0 aliphatic heterocycles. The van der Waals surface area contributed by atoms with Crippen molar-refractivity contribution in [3.8, 4) is 0 Å². The van der Waals surface area contributed by atoms with Gasteiger partial charge in [0, 0.05) is 16.8 Å². The fraction of sp³-hybridized carbons (Fsp3) is 0.455. The number of carbonyl (C=O) groups is 1. The number of rotatable bonds is 1. The third-order valence-electron chi connectivity index (χ3n) is 1.81. The first-order chi connectivity index (χ1) is 7.72. The minimum absolute atomic E-state index is 0.396. The molecule has 1 heterocycles. The van der Waals surface area contributed by atoms with Crippen molar-refractivity contribution in [2.75, 3.05) is 11.9 Å². The highest BCUT2D eigenvalue weighted by atomic mass is 127. The van der Waals surface area contributed by atoms with E-state index in [9.17, 15) is 4.79 Å². The van der Waals surface area contributed by atoms with E-state index in [0.717, 1.165) is 3.57 Å². The van der Waals surface area contributed by atoms with E-state index in [2.05, 4.69) is 27.6 Å². The van der Waals surface area contributed by atoms with Gasteiger partial charge < -0.3 is 4.74 Å². The van der Waals surface area contributed by atoms with Crippen LogP contribution in [0.5, 0.6) is 0 Å². The van der Waals surface area contributed by atoms with Crippen LogP contribution in [0.1, 0.15) is 20.8 Å². The normalized spacial score (nSPS) is 11.2. The lowest BCUT2D eigenvalue weighted by Crippen LogP contribution is -2.34. The third kappa shape index (κ3) is 3.99. The zero-order valence-electron chi connectivity index (χ0n) is 10.1. The van der Waals surface area contributed by atoms with Gasteiger partial charge in [0.15, 0.2) is 5.82 Å². The van der Waals surface area contributed by atoms with Crippen LogP contribution in [0.2, 0.25) is 5.02 Å². The number of hydrogen-bond acceptors (Lipinski definition) is 3. The highest BCUT2D eigenvalue weighted by Gasteiger charge is 2.23. The summed E-state index contributed by atoms with van der Waals surface area (Å²) in [6, 6.07) is 1.77. The van der Waals surface area contributed by atoms with Crippen molar-refractivity contribution in [1.29, 1.82) is 0 Å². The molecule has 0 atom stereocenters. The molecule has 1 amide bonds. The Morgan fingerprint density at radius 3 is 2.65 bits per heavy atom. The summed E-state index contributed by atoms with van der Waals surface area (Å²) in [4.78, 5) is 17.2. The average molecular weight is 369 g/mol.